The van der Waals surface area contributed by atoms with E-state index in [-0.39, 0.29) is 6.04 Å². The van der Waals surface area contributed by atoms with E-state index in [4.69, 9.17) is 5.73 Å². The number of nitrogens with two attached hydrogens (primary N) is 1. The predicted molar refractivity (Wildman–Crippen MR) is 37.0 cm³/mol. The lowest BCUT2D eigenvalue weighted by molar-refractivity contribution is 0.673. The Labute approximate surface area is 54.6 Å². The number of hydrogen-bond acceptors (Lipinski definition) is 2. The van der Waals surface area contributed by atoms with Crippen molar-refractivity contribution in [2.24, 2.45) is 10.8 Å². The second-order valence-electron chi connectivity index (χ2n) is 1.97. The van der Waals surface area contributed by atoms with E-state index < -0.39 is 0 Å². The molecule has 1 radical (unpaired) electrons. The second kappa shape index (κ2) is 2.64. The van der Waals surface area contributed by atoms with Crippen molar-refractivity contribution in [3.8, 4) is 0 Å². The fourth-order valence-electron chi connectivity index (χ4n) is 0.650. The maximum absolute atomic E-state index is 5.64. The average molecular weight is 124 g/mol. The predicted octanol–water partition coefficient (Wildman–Crippen LogP) is 0.211. The molecule has 1 atom stereocenters. The highest BCUT2D eigenvalue weighted by atomic mass is 15.3. The van der Waals surface area contributed by atoms with Gasteiger partial charge in [0.1, 0.15) is 0 Å². The summed E-state index contributed by atoms with van der Waals surface area (Å²) in [6.45, 7) is 2.03. The molecule has 0 amide bonds. The van der Waals surface area contributed by atoms with E-state index in [9.17, 15) is 0 Å². The smallest absolute Gasteiger partial charge is 0.0813 e. The average Bonchev–Trinajstić information content (AvgIpc) is 2.37. The van der Waals surface area contributed by atoms with Gasteiger partial charge in [0.25, 0.3) is 0 Å². The van der Waals surface area contributed by atoms with Crippen molar-refractivity contribution in [1.29, 1.82) is 0 Å². The fourth-order valence-corrected chi connectivity index (χ4v) is 0.650. The first-order valence-corrected chi connectivity index (χ1v) is 3.04. The standard InChI is InChI=1S/C6H10N3/c1-2-5(7)6-3-4-8-9-6/h3-5H,2,7H2,1H3. The van der Waals surface area contributed by atoms with Crippen molar-refractivity contribution in [3.63, 3.8) is 0 Å². The van der Waals surface area contributed by atoms with Crippen LogP contribution in [0.1, 0.15) is 13.3 Å². The molecule has 0 aliphatic carbocycles. The summed E-state index contributed by atoms with van der Waals surface area (Å²) in [6.07, 6.45) is 4.41. The van der Waals surface area contributed by atoms with Crippen LogP contribution in [0.25, 0.3) is 0 Å². The third-order valence-corrected chi connectivity index (χ3v) is 1.30. The van der Waals surface area contributed by atoms with Crippen molar-refractivity contribution < 1.29 is 0 Å². The minimum atomic E-state index is 0.0625. The van der Waals surface area contributed by atoms with Crippen molar-refractivity contribution in [3.05, 3.63) is 11.8 Å². The van der Waals surface area contributed by atoms with Crippen molar-refractivity contribution in [2.45, 2.75) is 19.4 Å². The van der Waals surface area contributed by atoms with Crippen LogP contribution in [-0.2, 0) is 0 Å². The van der Waals surface area contributed by atoms with Crippen LogP contribution in [-0.4, -0.2) is 12.3 Å². The molecule has 0 spiro atoms. The van der Waals surface area contributed by atoms with E-state index in [2.05, 4.69) is 10.5 Å². The zero-order valence-electron chi connectivity index (χ0n) is 5.41. The van der Waals surface area contributed by atoms with E-state index in [1.807, 2.05) is 13.0 Å². The summed E-state index contributed by atoms with van der Waals surface area (Å²) < 4.78 is 0. The van der Waals surface area contributed by atoms with Gasteiger partial charge in [-0.2, -0.15) is 10.5 Å². The maximum atomic E-state index is 5.64. The molecule has 49 valence electrons. The van der Waals surface area contributed by atoms with Gasteiger partial charge in [0.2, 0.25) is 0 Å². The Balaban J connectivity index is 2.45. The zero-order valence-corrected chi connectivity index (χ0v) is 5.41. The van der Waals surface area contributed by atoms with Gasteiger partial charge in [-0.25, -0.2) is 0 Å². The molecule has 0 fully saturated rings. The van der Waals surface area contributed by atoms with Crippen molar-refractivity contribution in [1.82, 2.24) is 5.43 Å². The molecule has 0 saturated heterocycles. The number of nitrogens with zero attached hydrogens (tertiary/aromatic N) is 2. The zero-order chi connectivity index (χ0) is 6.69. The first-order valence-electron chi connectivity index (χ1n) is 3.04. The van der Waals surface area contributed by atoms with Crippen LogP contribution in [0.3, 0.4) is 0 Å². The molecule has 1 heterocycles. The normalized spacial score (nSPS) is 19.1. The lowest BCUT2D eigenvalue weighted by Gasteiger charge is -2.05. The highest BCUT2D eigenvalue weighted by Crippen LogP contribution is 2.03. The molecular formula is C6H10N3. The Morgan fingerprint density at radius 3 is 3.00 bits per heavy atom. The molecule has 0 saturated carbocycles. The largest absolute Gasteiger partial charge is 0.323 e. The topological polar surface area (TPSA) is 52.5 Å². The summed E-state index contributed by atoms with van der Waals surface area (Å²) in [5.74, 6) is 0. The fraction of sp³-hybridized carbons (Fsp3) is 0.500. The molecule has 2 N–H and O–H groups in total. The highest BCUT2D eigenvalue weighted by Gasteiger charge is 2.08. The summed E-state index contributed by atoms with van der Waals surface area (Å²) in [5, 5.41) is 3.66. The van der Waals surface area contributed by atoms with Gasteiger partial charge in [-0.3, -0.25) is 0 Å². The molecule has 9 heavy (non-hydrogen) atoms. The Morgan fingerprint density at radius 1 is 1.78 bits per heavy atom. The van der Waals surface area contributed by atoms with E-state index in [1.165, 1.54) is 0 Å². The second-order valence-corrected chi connectivity index (χ2v) is 1.97. The molecule has 1 rings (SSSR count). The molecule has 0 aromatic heterocycles. The minimum Gasteiger partial charge on any atom is -0.323 e. The summed E-state index contributed by atoms with van der Waals surface area (Å²) in [4.78, 5) is 0. The van der Waals surface area contributed by atoms with Gasteiger partial charge in [0.15, 0.2) is 0 Å². The molecule has 0 aromatic rings. The SMILES string of the molecule is CCC(N)C1=CC=N[N]1. The molecule has 1 aliphatic heterocycles. The van der Waals surface area contributed by atoms with Gasteiger partial charge in [-0.05, 0) is 12.5 Å². The van der Waals surface area contributed by atoms with Crippen LogP contribution in [0.2, 0.25) is 0 Å². The molecule has 1 aliphatic rings. The van der Waals surface area contributed by atoms with Crippen LogP contribution in [0.4, 0.5) is 0 Å². The molecule has 3 heteroatoms. The van der Waals surface area contributed by atoms with Crippen LogP contribution >= 0.6 is 0 Å². The van der Waals surface area contributed by atoms with Crippen molar-refractivity contribution >= 4 is 6.21 Å². The monoisotopic (exact) mass is 124 g/mol. The van der Waals surface area contributed by atoms with Gasteiger partial charge >= 0.3 is 0 Å². The lowest BCUT2D eigenvalue weighted by atomic mass is 10.2. The number of allylic oxidation sites excluding steroid dienone is 1. The summed E-state index contributed by atoms with van der Waals surface area (Å²) in [6, 6.07) is 0.0625. The molecule has 0 aromatic carbocycles. The summed E-state index contributed by atoms with van der Waals surface area (Å²) >= 11 is 0. The van der Waals surface area contributed by atoms with Crippen LogP contribution < -0.4 is 11.2 Å². The number of hydrogen-bond donors (Lipinski definition) is 1. The maximum Gasteiger partial charge on any atom is 0.0813 e. The van der Waals surface area contributed by atoms with Gasteiger partial charge in [-0.15, -0.1) is 0 Å². The van der Waals surface area contributed by atoms with Gasteiger partial charge in [-0.1, -0.05) is 6.92 Å². The Hall–Kier alpha value is -0.830. The van der Waals surface area contributed by atoms with Crippen LogP contribution in [0, 0.1) is 0 Å². The first kappa shape index (κ1) is 6.29. The molecule has 0 bridgehead atoms. The van der Waals surface area contributed by atoms with Crippen LogP contribution in [0.15, 0.2) is 16.9 Å². The van der Waals surface area contributed by atoms with Crippen LogP contribution in [0.5, 0.6) is 0 Å². The van der Waals surface area contributed by atoms with Gasteiger partial charge in [0.05, 0.1) is 11.9 Å². The summed E-state index contributed by atoms with van der Waals surface area (Å²) in [5.41, 5.74) is 10.3. The lowest BCUT2D eigenvalue weighted by Crippen LogP contribution is -2.23. The van der Waals surface area contributed by atoms with Gasteiger partial charge < -0.3 is 5.73 Å². The molecule has 1 unspecified atom stereocenters. The van der Waals surface area contributed by atoms with Crippen molar-refractivity contribution in [2.75, 3.05) is 0 Å². The quantitative estimate of drug-likeness (QED) is 0.562. The third kappa shape index (κ3) is 1.29. The van der Waals surface area contributed by atoms with E-state index in [1.54, 1.807) is 6.21 Å². The van der Waals surface area contributed by atoms with Gasteiger partial charge in [0, 0.05) is 6.04 Å². The van der Waals surface area contributed by atoms with E-state index in [0.29, 0.717) is 0 Å². The summed E-state index contributed by atoms with van der Waals surface area (Å²) in [7, 11) is 0. The Morgan fingerprint density at radius 2 is 2.56 bits per heavy atom. The minimum absolute atomic E-state index is 0.0625. The molecular weight excluding hydrogens is 114 g/mol. The Kier molecular flexibility index (Phi) is 1.85. The van der Waals surface area contributed by atoms with E-state index in [0.717, 1.165) is 12.1 Å². The molecule has 3 nitrogen and oxygen atoms in total. The third-order valence-electron chi connectivity index (χ3n) is 1.30. The Bertz CT molecular complexity index is 148. The highest BCUT2D eigenvalue weighted by molar-refractivity contribution is 5.74. The first-order chi connectivity index (χ1) is 4.34. The van der Waals surface area contributed by atoms with E-state index >= 15 is 0 Å². The number of rotatable bonds is 2.